The molecule has 0 heterocycles. The fourth-order valence-corrected chi connectivity index (χ4v) is 1.17. The zero-order valence-corrected chi connectivity index (χ0v) is 7.69. The van der Waals surface area contributed by atoms with E-state index in [2.05, 4.69) is 0 Å². The van der Waals surface area contributed by atoms with Gasteiger partial charge in [-0.3, -0.25) is 0 Å². The van der Waals surface area contributed by atoms with Crippen molar-refractivity contribution in [2.24, 2.45) is 0 Å². The molecule has 0 aromatic heterocycles. The molecule has 0 saturated carbocycles. The average Bonchev–Trinajstić information content (AvgIpc) is 2.08. The lowest BCUT2D eigenvalue weighted by Gasteiger charge is -2.04. The summed E-state index contributed by atoms with van der Waals surface area (Å²) in [5.41, 5.74) is 3.23. The third-order valence-corrected chi connectivity index (χ3v) is 2.06. The van der Waals surface area contributed by atoms with Gasteiger partial charge in [0.05, 0.1) is 0 Å². The third-order valence-electron chi connectivity index (χ3n) is 2.06. The van der Waals surface area contributed by atoms with Crippen molar-refractivity contribution in [1.29, 1.82) is 0 Å². The zero-order chi connectivity index (χ0) is 9.14. The molecule has 0 unspecified atom stereocenters. The molecule has 1 aromatic carbocycles. The van der Waals surface area contributed by atoms with E-state index in [-0.39, 0.29) is 5.82 Å². The van der Waals surface area contributed by atoms with E-state index in [1.54, 1.807) is 12.1 Å². The van der Waals surface area contributed by atoms with Gasteiger partial charge in [-0.15, -0.1) is 0 Å². The first-order chi connectivity index (χ1) is 5.65. The zero-order valence-electron chi connectivity index (χ0n) is 7.69. The molecule has 64 valence electrons. The molecule has 0 saturated heterocycles. The van der Waals surface area contributed by atoms with Crippen LogP contribution >= 0.6 is 0 Å². The number of hydrogen-bond acceptors (Lipinski definition) is 0. The Hall–Kier alpha value is -1.11. The van der Waals surface area contributed by atoms with E-state index in [1.807, 2.05) is 26.8 Å². The SMILES string of the molecule is C/C=C(/C)c1cc(F)ccc1C. The van der Waals surface area contributed by atoms with Gasteiger partial charge in [0.25, 0.3) is 0 Å². The summed E-state index contributed by atoms with van der Waals surface area (Å²) in [5.74, 6) is -0.170. The number of halogens is 1. The van der Waals surface area contributed by atoms with Crippen molar-refractivity contribution in [2.75, 3.05) is 0 Å². The molecule has 0 fully saturated rings. The first-order valence-electron chi connectivity index (χ1n) is 4.04. The van der Waals surface area contributed by atoms with Crippen molar-refractivity contribution >= 4 is 5.57 Å². The summed E-state index contributed by atoms with van der Waals surface area (Å²) in [6.07, 6.45) is 1.99. The normalized spacial score (nSPS) is 11.8. The highest BCUT2D eigenvalue weighted by Crippen LogP contribution is 2.18. The van der Waals surface area contributed by atoms with Crippen LogP contribution in [0.3, 0.4) is 0 Å². The number of aryl methyl sites for hydroxylation is 1. The molecule has 0 aliphatic carbocycles. The molecule has 1 aromatic rings. The van der Waals surface area contributed by atoms with E-state index in [9.17, 15) is 4.39 Å². The molecule has 1 rings (SSSR count). The van der Waals surface area contributed by atoms with Crippen LogP contribution in [0.5, 0.6) is 0 Å². The second kappa shape index (κ2) is 3.53. The summed E-state index contributed by atoms with van der Waals surface area (Å²) in [4.78, 5) is 0. The lowest BCUT2D eigenvalue weighted by atomic mass is 10.0. The maximum absolute atomic E-state index is 12.8. The highest BCUT2D eigenvalue weighted by molar-refractivity contribution is 5.66. The smallest absolute Gasteiger partial charge is 0.123 e. The maximum Gasteiger partial charge on any atom is 0.123 e. The van der Waals surface area contributed by atoms with E-state index in [0.717, 1.165) is 16.7 Å². The Kier molecular flexibility index (Phi) is 2.64. The van der Waals surface area contributed by atoms with Crippen molar-refractivity contribution in [3.05, 3.63) is 41.2 Å². The van der Waals surface area contributed by atoms with E-state index < -0.39 is 0 Å². The molecular formula is C11H13F. The standard InChI is InChI=1S/C11H13F/c1-4-8(2)11-7-10(12)6-5-9(11)3/h4-7H,1-3H3/b8-4-. The summed E-state index contributed by atoms with van der Waals surface area (Å²) >= 11 is 0. The molecule has 0 bridgehead atoms. The van der Waals surface area contributed by atoms with Gasteiger partial charge in [-0.2, -0.15) is 0 Å². The Balaban J connectivity index is 3.23. The quantitative estimate of drug-likeness (QED) is 0.595. The van der Waals surface area contributed by atoms with Crippen LogP contribution in [0.2, 0.25) is 0 Å². The van der Waals surface area contributed by atoms with Crippen LogP contribution in [0.1, 0.15) is 25.0 Å². The van der Waals surface area contributed by atoms with Crippen molar-refractivity contribution in [2.45, 2.75) is 20.8 Å². The molecule has 0 radical (unpaired) electrons. The van der Waals surface area contributed by atoms with E-state index in [0.29, 0.717) is 0 Å². The summed E-state index contributed by atoms with van der Waals surface area (Å²) in [6.45, 7) is 5.93. The highest BCUT2D eigenvalue weighted by atomic mass is 19.1. The van der Waals surface area contributed by atoms with Crippen molar-refractivity contribution in [3.8, 4) is 0 Å². The molecule has 0 atom stereocenters. The van der Waals surface area contributed by atoms with Gasteiger partial charge in [0.1, 0.15) is 5.82 Å². The topological polar surface area (TPSA) is 0 Å². The summed E-state index contributed by atoms with van der Waals surface area (Å²) < 4.78 is 12.8. The average molecular weight is 164 g/mol. The van der Waals surface area contributed by atoms with Crippen LogP contribution in [0, 0.1) is 12.7 Å². The molecule has 0 N–H and O–H groups in total. The van der Waals surface area contributed by atoms with Gasteiger partial charge < -0.3 is 0 Å². The molecule has 0 aliphatic heterocycles. The monoisotopic (exact) mass is 164 g/mol. The second-order valence-electron chi connectivity index (χ2n) is 2.93. The van der Waals surface area contributed by atoms with Crippen molar-refractivity contribution < 1.29 is 4.39 Å². The van der Waals surface area contributed by atoms with Crippen LogP contribution in [0.15, 0.2) is 24.3 Å². The number of hydrogen-bond donors (Lipinski definition) is 0. The van der Waals surface area contributed by atoms with Crippen LogP contribution in [0.25, 0.3) is 5.57 Å². The fraction of sp³-hybridized carbons (Fsp3) is 0.273. The lowest BCUT2D eigenvalue weighted by molar-refractivity contribution is 0.627. The van der Waals surface area contributed by atoms with Gasteiger partial charge in [0.15, 0.2) is 0 Å². The maximum atomic E-state index is 12.8. The summed E-state index contributed by atoms with van der Waals surface area (Å²) in [6, 6.07) is 4.87. The van der Waals surface area contributed by atoms with Crippen molar-refractivity contribution in [1.82, 2.24) is 0 Å². The number of rotatable bonds is 1. The van der Waals surface area contributed by atoms with Gasteiger partial charge in [0.2, 0.25) is 0 Å². The summed E-state index contributed by atoms with van der Waals surface area (Å²) in [7, 11) is 0. The summed E-state index contributed by atoms with van der Waals surface area (Å²) in [5, 5.41) is 0. The van der Waals surface area contributed by atoms with E-state index in [1.165, 1.54) is 6.07 Å². The Morgan fingerprint density at radius 1 is 1.42 bits per heavy atom. The van der Waals surface area contributed by atoms with Gasteiger partial charge in [-0.25, -0.2) is 4.39 Å². The second-order valence-corrected chi connectivity index (χ2v) is 2.93. The molecule has 1 heteroatoms. The molecule has 12 heavy (non-hydrogen) atoms. The Bertz CT molecular complexity index is 311. The van der Waals surface area contributed by atoms with E-state index >= 15 is 0 Å². The molecule has 0 aliphatic rings. The van der Waals surface area contributed by atoms with Gasteiger partial charge in [0, 0.05) is 0 Å². The molecule has 0 spiro atoms. The number of allylic oxidation sites excluding steroid dienone is 2. The predicted molar refractivity (Wildman–Crippen MR) is 50.5 cm³/mol. The van der Waals surface area contributed by atoms with Crippen LogP contribution < -0.4 is 0 Å². The highest BCUT2D eigenvalue weighted by Gasteiger charge is 2.00. The molecule has 0 nitrogen and oxygen atoms in total. The lowest BCUT2D eigenvalue weighted by Crippen LogP contribution is -1.86. The Morgan fingerprint density at radius 3 is 2.67 bits per heavy atom. The Morgan fingerprint density at radius 2 is 2.08 bits per heavy atom. The largest absolute Gasteiger partial charge is 0.207 e. The minimum atomic E-state index is -0.170. The third kappa shape index (κ3) is 1.73. The van der Waals surface area contributed by atoms with E-state index in [4.69, 9.17) is 0 Å². The minimum Gasteiger partial charge on any atom is -0.207 e. The first-order valence-corrected chi connectivity index (χ1v) is 4.04. The minimum absolute atomic E-state index is 0.170. The van der Waals surface area contributed by atoms with Crippen LogP contribution in [-0.4, -0.2) is 0 Å². The molecule has 0 amide bonds. The van der Waals surface area contributed by atoms with Gasteiger partial charge >= 0.3 is 0 Å². The van der Waals surface area contributed by atoms with Crippen LogP contribution in [-0.2, 0) is 0 Å². The first kappa shape index (κ1) is 8.98. The van der Waals surface area contributed by atoms with Gasteiger partial charge in [-0.05, 0) is 49.6 Å². The number of benzene rings is 1. The Labute approximate surface area is 72.7 Å². The fourth-order valence-electron chi connectivity index (χ4n) is 1.17. The van der Waals surface area contributed by atoms with Crippen LogP contribution in [0.4, 0.5) is 4.39 Å². The predicted octanol–water partition coefficient (Wildman–Crippen LogP) is 3.56. The van der Waals surface area contributed by atoms with Gasteiger partial charge in [-0.1, -0.05) is 12.1 Å². The van der Waals surface area contributed by atoms with Crippen molar-refractivity contribution in [3.63, 3.8) is 0 Å². The molecular weight excluding hydrogens is 151 g/mol.